The van der Waals surface area contributed by atoms with Crippen molar-refractivity contribution in [3.8, 4) is 0 Å². The predicted octanol–water partition coefficient (Wildman–Crippen LogP) is 4.03. The van der Waals surface area contributed by atoms with Crippen LogP contribution in [0.3, 0.4) is 0 Å². The van der Waals surface area contributed by atoms with E-state index in [1.807, 2.05) is 6.07 Å². The molecule has 0 spiro atoms. The van der Waals surface area contributed by atoms with Gasteiger partial charge >= 0.3 is 0 Å². The Balaban J connectivity index is 2.78. The number of hydrogen-bond donors (Lipinski definition) is 0. The van der Waals surface area contributed by atoms with Crippen molar-refractivity contribution < 1.29 is 0 Å². The average molecular weight is 198 g/mol. The molecule has 1 atom stereocenters. The average Bonchev–Trinajstić information content (AvgIpc) is 2.14. The second-order valence-corrected chi connectivity index (χ2v) is 3.69. The van der Waals surface area contributed by atoms with Gasteiger partial charge in [-0.15, -0.1) is 0 Å². The molecule has 0 amide bonds. The Labute approximate surface area is 85.1 Å². The minimum Gasteiger partial charge on any atom is -0.245 e. The predicted molar refractivity (Wildman–Crippen MR) is 57.2 cm³/mol. The standard InChI is InChI=1S/C11H16ClN/c1-3-5-9(4-2)10-6-7-13-11(12)8-10/h6-9H,3-5H2,1-2H3. The van der Waals surface area contributed by atoms with Gasteiger partial charge in [-0.05, 0) is 36.5 Å². The Hall–Kier alpha value is -0.560. The molecule has 1 unspecified atom stereocenters. The fraction of sp³-hybridized carbons (Fsp3) is 0.545. The molecule has 0 aliphatic rings. The molecule has 1 aromatic rings. The Kier molecular flexibility index (Phi) is 4.23. The van der Waals surface area contributed by atoms with Crippen LogP contribution in [-0.4, -0.2) is 4.98 Å². The van der Waals surface area contributed by atoms with Crippen LogP contribution in [0.1, 0.15) is 44.6 Å². The minimum atomic E-state index is 0.604. The maximum Gasteiger partial charge on any atom is 0.129 e. The lowest BCUT2D eigenvalue weighted by molar-refractivity contribution is 0.595. The van der Waals surface area contributed by atoms with Crippen LogP contribution < -0.4 is 0 Å². The van der Waals surface area contributed by atoms with Crippen LogP contribution in [0.5, 0.6) is 0 Å². The van der Waals surface area contributed by atoms with Gasteiger partial charge in [0.1, 0.15) is 5.15 Å². The summed E-state index contributed by atoms with van der Waals surface area (Å²) in [6.45, 7) is 4.43. The van der Waals surface area contributed by atoms with Gasteiger partial charge in [0.2, 0.25) is 0 Å². The first-order chi connectivity index (χ1) is 6.27. The lowest BCUT2D eigenvalue weighted by Crippen LogP contribution is -1.96. The maximum absolute atomic E-state index is 5.83. The molecule has 72 valence electrons. The molecule has 0 saturated carbocycles. The summed E-state index contributed by atoms with van der Waals surface area (Å²) in [7, 11) is 0. The van der Waals surface area contributed by atoms with Crippen molar-refractivity contribution in [3.63, 3.8) is 0 Å². The fourth-order valence-corrected chi connectivity index (χ4v) is 1.81. The smallest absolute Gasteiger partial charge is 0.129 e. The molecule has 13 heavy (non-hydrogen) atoms. The number of halogens is 1. The van der Waals surface area contributed by atoms with Gasteiger partial charge < -0.3 is 0 Å². The highest BCUT2D eigenvalue weighted by molar-refractivity contribution is 6.29. The van der Waals surface area contributed by atoms with Crippen molar-refractivity contribution in [3.05, 3.63) is 29.0 Å². The third-order valence-electron chi connectivity index (χ3n) is 2.35. The van der Waals surface area contributed by atoms with E-state index in [1.165, 1.54) is 24.8 Å². The van der Waals surface area contributed by atoms with Crippen molar-refractivity contribution in [1.82, 2.24) is 4.98 Å². The molecule has 2 heteroatoms. The van der Waals surface area contributed by atoms with Gasteiger partial charge in [-0.25, -0.2) is 4.98 Å². The topological polar surface area (TPSA) is 12.9 Å². The van der Waals surface area contributed by atoms with Crippen molar-refractivity contribution in [1.29, 1.82) is 0 Å². The monoisotopic (exact) mass is 197 g/mol. The molecular weight excluding hydrogens is 182 g/mol. The Morgan fingerprint density at radius 1 is 1.46 bits per heavy atom. The molecule has 1 rings (SSSR count). The van der Waals surface area contributed by atoms with E-state index in [2.05, 4.69) is 24.9 Å². The third kappa shape index (κ3) is 3.00. The fourth-order valence-electron chi connectivity index (χ4n) is 1.63. The Morgan fingerprint density at radius 2 is 2.23 bits per heavy atom. The van der Waals surface area contributed by atoms with Crippen LogP contribution in [0.4, 0.5) is 0 Å². The van der Waals surface area contributed by atoms with Crippen molar-refractivity contribution >= 4 is 11.6 Å². The van der Waals surface area contributed by atoms with E-state index < -0.39 is 0 Å². The second kappa shape index (κ2) is 5.23. The maximum atomic E-state index is 5.83. The lowest BCUT2D eigenvalue weighted by Gasteiger charge is -2.13. The van der Waals surface area contributed by atoms with Gasteiger partial charge in [0.25, 0.3) is 0 Å². The zero-order valence-corrected chi connectivity index (χ0v) is 9.01. The zero-order chi connectivity index (χ0) is 9.68. The second-order valence-electron chi connectivity index (χ2n) is 3.31. The van der Waals surface area contributed by atoms with Gasteiger partial charge in [-0.1, -0.05) is 31.9 Å². The van der Waals surface area contributed by atoms with Crippen LogP contribution in [0, 0.1) is 0 Å². The number of aromatic nitrogens is 1. The summed E-state index contributed by atoms with van der Waals surface area (Å²) in [5, 5.41) is 0.604. The van der Waals surface area contributed by atoms with E-state index in [1.54, 1.807) is 6.20 Å². The molecule has 0 aliphatic heterocycles. The highest BCUT2D eigenvalue weighted by Crippen LogP contribution is 2.25. The van der Waals surface area contributed by atoms with E-state index in [4.69, 9.17) is 11.6 Å². The van der Waals surface area contributed by atoms with Crippen LogP contribution in [0.25, 0.3) is 0 Å². The van der Waals surface area contributed by atoms with Crippen LogP contribution >= 0.6 is 11.6 Å². The molecule has 1 aromatic heterocycles. The minimum absolute atomic E-state index is 0.604. The van der Waals surface area contributed by atoms with Crippen LogP contribution in [0.15, 0.2) is 18.3 Å². The van der Waals surface area contributed by atoms with E-state index >= 15 is 0 Å². The Bertz CT molecular complexity index is 260. The van der Waals surface area contributed by atoms with Gasteiger partial charge in [0.05, 0.1) is 0 Å². The number of pyridine rings is 1. The SMILES string of the molecule is CCCC(CC)c1ccnc(Cl)c1. The first kappa shape index (κ1) is 10.5. The molecule has 0 bridgehead atoms. The highest BCUT2D eigenvalue weighted by atomic mass is 35.5. The molecule has 1 nitrogen and oxygen atoms in total. The summed E-state index contributed by atoms with van der Waals surface area (Å²) in [6.07, 6.45) is 5.42. The number of hydrogen-bond acceptors (Lipinski definition) is 1. The first-order valence-electron chi connectivity index (χ1n) is 4.89. The first-order valence-corrected chi connectivity index (χ1v) is 5.27. The summed E-state index contributed by atoms with van der Waals surface area (Å²) in [4.78, 5) is 3.98. The summed E-state index contributed by atoms with van der Waals surface area (Å²) in [6, 6.07) is 4.04. The van der Waals surface area contributed by atoms with Crippen LogP contribution in [-0.2, 0) is 0 Å². The van der Waals surface area contributed by atoms with E-state index in [9.17, 15) is 0 Å². The van der Waals surface area contributed by atoms with E-state index in [-0.39, 0.29) is 0 Å². The lowest BCUT2D eigenvalue weighted by atomic mass is 9.93. The summed E-state index contributed by atoms with van der Waals surface area (Å²) in [5.74, 6) is 0.644. The molecule has 0 saturated heterocycles. The van der Waals surface area contributed by atoms with Gasteiger partial charge in [0.15, 0.2) is 0 Å². The number of nitrogens with zero attached hydrogens (tertiary/aromatic N) is 1. The van der Waals surface area contributed by atoms with E-state index in [0.717, 1.165) is 0 Å². The molecule has 0 radical (unpaired) electrons. The zero-order valence-electron chi connectivity index (χ0n) is 8.26. The van der Waals surface area contributed by atoms with Gasteiger partial charge in [-0.2, -0.15) is 0 Å². The molecular formula is C11H16ClN. The van der Waals surface area contributed by atoms with Crippen molar-refractivity contribution in [2.45, 2.75) is 39.0 Å². The summed E-state index contributed by atoms with van der Waals surface area (Å²) in [5.41, 5.74) is 1.32. The van der Waals surface area contributed by atoms with Crippen molar-refractivity contribution in [2.24, 2.45) is 0 Å². The van der Waals surface area contributed by atoms with E-state index in [0.29, 0.717) is 11.1 Å². The summed E-state index contributed by atoms with van der Waals surface area (Å²) >= 11 is 5.83. The molecule has 1 heterocycles. The highest BCUT2D eigenvalue weighted by Gasteiger charge is 2.08. The Morgan fingerprint density at radius 3 is 2.77 bits per heavy atom. The molecule has 0 fully saturated rings. The molecule has 0 N–H and O–H groups in total. The normalized spacial score (nSPS) is 12.8. The van der Waals surface area contributed by atoms with Crippen LogP contribution in [0.2, 0.25) is 5.15 Å². The third-order valence-corrected chi connectivity index (χ3v) is 2.56. The van der Waals surface area contributed by atoms with Crippen molar-refractivity contribution in [2.75, 3.05) is 0 Å². The summed E-state index contributed by atoms with van der Waals surface area (Å²) < 4.78 is 0. The van der Waals surface area contributed by atoms with Gasteiger partial charge in [0, 0.05) is 6.20 Å². The largest absolute Gasteiger partial charge is 0.245 e. The number of rotatable bonds is 4. The molecule has 0 aromatic carbocycles. The van der Waals surface area contributed by atoms with Gasteiger partial charge in [-0.3, -0.25) is 0 Å². The molecule has 0 aliphatic carbocycles. The quantitative estimate of drug-likeness (QED) is 0.665.